The molecule has 0 saturated heterocycles. The number of aromatic amines is 1. The highest BCUT2D eigenvalue weighted by molar-refractivity contribution is 7.99. The maximum absolute atomic E-state index is 7.68. The number of hydrogen-bond acceptors (Lipinski definition) is 3. The third kappa shape index (κ3) is 3.70. The van der Waals surface area contributed by atoms with Crippen molar-refractivity contribution in [1.82, 2.24) is 4.98 Å². The number of aromatic nitrogens is 1. The fourth-order valence-electron chi connectivity index (χ4n) is 3.07. The summed E-state index contributed by atoms with van der Waals surface area (Å²) in [4.78, 5) is 5.74. The molecule has 3 aromatic carbocycles. The third-order valence-corrected chi connectivity index (χ3v) is 5.64. The van der Waals surface area contributed by atoms with Crippen LogP contribution in [0.25, 0.3) is 22.2 Å². The van der Waals surface area contributed by atoms with E-state index in [9.17, 15) is 0 Å². The van der Waals surface area contributed by atoms with Crippen LogP contribution in [0.4, 0.5) is 0 Å². The number of nitrogens with two attached hydrogens (primary N) is 1. The van der Waals surface area contributed by atoms with Crippen molar-refractivity contribution in [3.8, 4) is 11.3 Å². The largest absolute Gasteiger partial charge is 0.384 e. The molecule has 0 amide bonds. The Balaban J connectivity index is 1.55. The third-order valence-electron chi connectivity index (χ3n) is 4.62. The first kappa shape index (κ1) is 18.1. The topological polar surface area (TPSA) is 89.5 Å². The van der Waals surface area contributed by atoms with Crippen LogP contribution >= 0.6 is 11.8 Å². The zero-order valence-corrected chi connectivity index (χ0v) is 16.2. The van der Waals surface area contributed by atoms with Gasteiger partial charge in [-0.05, 0) is 66.6 Å². The second kappa shape index (κ2) is 7.37. The van der Waals surface area contributed by atoms with Crippen molar-refractivity contribution in [2.45, 2.75) is 16.7 Å². The van der Waals surface area contributed by atoms with E-state index < -0.39 is 0 Å². The van der Waals surface area contributed by atoms with Gasteiger partial charge in [-0.1, -0.05) is 36.0 Å². The molecule has 138 valence electrons. The molecule has 4 aromatic rings. The Hall–Kier alpha value is -3.31. The minimum absolute atomic E-state index is 0.0786. The van der Waals surface area contributed by atoms with Crippen LogP contribution in [0.15, 0.2) is 82.6 Å². The number of H-pyrrole nitrogens is 1. The fourth-order valence-corrected chi connectivity index (χ4v) is 3.88. The zero-order valence-electron chi connectivity index (χ0n) is 15.4. The van der Waals surface area contributed by atoms with Crippen LogP contribution in [-0.4, -0.2) is 16.5 Å². The molecule has 4 rings (SSSR count). The Labute approximate surface area is 167 Å². The van der Waals surface area contributed by atoms with E-state index in [0.717, 1.165) is 43.1 Å². The van der Waals surface area contributed by atoms with Gasteiger partial charge in [-0.3, -0.25) is 5.41 Å². The maximum Gasteiger partial charge on any atom is 0.122 e. The van der Waals surface area contributed by atoms with Gasteiger partial charge in [0.25, 0.3) is 0 Å². The molecule has 0 aliphatic rings. The first-order valence-corrected chi connectivity index (χ1v) is 9.72. The second-order valence-electron chi connectivity index (χ2n) is 6.67. The van der Waals surface area contributed by atoms with Crippen LogP contribution in [0.3, 0.4) is 0 Å². The summed E-state index contributed by atoms with van der Waals surface area (Å²) < 4.78 is 0. The highest BCUT2D eigenvalue weighted by atomic mass is 32.2. The van der Waals surface area contributed by atoms with E-state index in [2.05, 4.69) is 47.4 Å². The Morgan fingerprint density at radius 1 is 0.821 bits per heavy atom. The van der Waals surface area contributed by atoms with Gasteiger partial charge in [0.2, 0.25) is 0 Å². The molecule has 1 aromatic heterocycles. The summed E-state index contributed by atoms with van der Waals surface area (Å²) in [7, 11) is 0. The van der Waals surface area contributed by atoms with Crippen LogP contribution in [-0.2, 0) is 0 Å². The van der Waals surface area contributed by atoms with E-state index in [1.165, 1.54) is 0 Å². The van der Waals surface area contributed by atoms with Crippen LogP contribution in [0.1, 0.15) is 18.1 Å². The van der Waals surface area contributed by atoms with Crippen molar-refractivity contribution in [3.63, 3.8) is 0 Å². The maximum atomic E-state index is 7.68. The Morgan fingerprint density at radius 2 is 1.43 bits per heavy atom. The quantitative estimate of drug-likeness (QED) is 0.264. The van der Waals surface area contributed by atoms with Gasteiger partial charge >= 0.3 is 0 Å². The number of fused-ring (bicyclic) bond motifs is 1. The summed E-state index contributed by atoms with van der Waals surface area (Å²) in [6.45, 7) is 1.80. The van der Waals surface area contributed by atoms with Gasteiger partial charge in [-0.2, -0.15) is 0 Å². The Bertz CT molecular complexity index is 1170. The summed E-state index contributed by atoms with van der Waals surface area (Å²) in [6, 6.07) is 24.3. The SMILES string of the molecule is CC(=N)c1ccc(Sc2ccc(-c3cc4cc(C(=N)N)ccc4[nH]3)cc2)cc1. The van der Waals surface area contributed by atoms with E-state index in [1.54, 1.807) is 18.7 Å². The van der Waals surface area contributed by atoms with Crippen molar-refractivity contribution >= 4 is 34.2 Å². The van der Waals surface area contributed by atoms with Gasteiger partial charge in [0.15, 0.2) is 0 Å². The number of nitrogen functional groups attached to an aromatic ring is 1. The molecule has 0 aliphatic carbocycles. The Morgan fingerprint density at radius 3 is 2.04 bits per heavy atom. The van der Waals surface area contributed by atoms with E-state index in [1.807, 2.05) is 30.3 Å². The summed E-state index contributed by atoms with van der Waals surface area (Å²) in [5.74, 6) is 0.0786. The monoisotopic (exact) mass is 384 g/mol. The van der Waals surface area contributed by atoms with Crippen LogP contribution in [0.2, 0.25) is 0 Å². The van der Waals surface area contributed by atoms with Gasteiger partial charge in [-0.15, -0.1) is 0 Å². The highest BCUT2D eigenvalue weighted by Crippen LogP contribution is 2.31. The molecule has 28 heavy (non-hydrogen) atoms. The summed E-state index contributed by atoms with van der Waals surface area (Å²) in [5, 5.41) is 16.3. The van der Waals surface area contributed by atoms with E-state index in [0.29, 0.717) is 5.71 Å². The zero-order chi connectivity index (χ0) is 19.7. The van der Waals surface area contributed by atoms with Crippen molar-refractivity contribution in [1.29, 1.82) is 10.8 Å². The predicted octanol–water partition coefficient (Wildman–Crippen LogP) is 5.66. The Kier molecular flexibility index (Phi) is 4.75. The van der Waals surface area contributed by atoms with Gasteiger partial charge < -0.3 is 16.1 Å². The minimum atomic E-state index is 0.0786. The lowest BCUT2D eigenvalue weighted by Crippen LogP contribution is -2.10. The average molecular weight is 385 g/mol. The molecule has 0 bridgehead atoms. The van der Waals surface area contributed by atoms with Crippen molar-refractivity contribution < 1.29 is 0 Å². The predicted molar refractivity (Wildman–Crippen MR) is 118 cm³/mol. The molecule has 0 aliphatic heterocycles. The van der Waals surface area contributed by atoms with Crippen LogP contribution in [0.5, 0.6) is 0 Å². The molecule has 0 atom stereocenters. The van der Waals surface area contributed by atoms with Crippen LogP contribution in [0, 0.1) is 10.8 Å². The van der Waals surface area contributed by atoms with Crippen molar-refractivity contribution in [2.24, 2.45) is 5.73 Å². The van der Waals surface area contributed by atoms with Gasteiger partial charge in [0.1, 0.15) is 5.84 Å². The lowest BCUT2D eigenvalue weighted by molar-refractivity contribution is 1.37. The van der Waals surface area contributed by atoms with Gasteiger partial charge in [0, 0.05) is 37.7 Å². The van der Waals surface area contributed by atoms with Crippen LogP contribution < -0.4 is 5.73 Å². The standard InChI is InChI=1S/C23H20N4S/c1-14(24)15-2-7-19(8-3-15)28-20-9-4-16(5-10-20)22-13-18-12-17(23(25)26)6-11-21(18)27-22/h2-13,24,27H,1H3,(H3,25,26). The smallest absolute Gasteiger partial charge is 0.122 e. The number of rotatable bonds is 5. The minimum Gasteiger partial charge on any atom is -0.384 e. The molecule has 0 fully saturated rings. The lowest BCUT2D eigenvalue weighted by Gasteiger charge is -2.05. The molecule has 5 N–H and O–H groups in total. The molecule has 5 heteroatoms. The molecule has 0 unspecified atom stereocenters. The van der Waals surface area contributed by atoms with E-state index >= 15 is 0 Å². The first-order valence-electron chi connectivity index (χ1n) is 8.91. The van der Waals surface area contributed by atoms with Crippen molar-refractivity contribution in [3.05, 3.63) is 83.9 Å². The molecule has 1 heterocycles. The number of benzene rings is 3. The molecule has 0 radical (unpaired) electrons. The molecule has 0 saturated carbocycles. The normalized spacial score (nSPS) is 10.9. The highest BCUT2D eigenvalue weighted by Gasteiger charge is 2.06. The fraction of sp³-hybridized carbons (Fsp3) is 0.0435. The van der Waals surface area contributed by atoms with E-state index in [4.69, 9.17) is 16.6 Å². The molecule has 0 spiro atoms. The number of hydrogen-bond donors (Lipinski definition) is 4. The molecule has 4 nitrogen and oxygen atoms in total. The summed E-state index contributed by atoms with van der Waals surface area (Å²) in [5.41, 5.74) is 11.0. The van der Waals surface area contributed by atoms with E-state index in [-0.39, 0.29) is 5.84 Å². The molecular formula is C23H20N4S. The summed E-state index contributed by atoms with van der Waals surface area (Å²) in [6.07, 6.45) is 0. The first-order chi connectivity index (χ1) is 13.5. The number of nitrogens with one attached hydrogen (secondary N) is 3. The van der Waals surface area contributed by atoms with Gasteiger partial charge in [0.05, 0.1) is 0 Å². The van der Waals surface area contributed by atoms with Gasteiger partial charge in [-0.25, -0.2) is 0 Å². The van der Waals surface area contributed by atoms with Crippen molar-refractivity contribution in [2.75, 3.05) is 0 Å². The average Bonchev–Trinajstić information content (AvgIpc) is 3.12. The lowest BCUT2D eigenvalue weighted by atomic mass is 10.1. The number of amidine groups is 1. The molecular weight excluding hydrogens is 364 g/mol. The summed E-state index contributed by atoms with van der Waals surface area (Å²) >= 11 is 1.70. The second-order valence-corrected chi connectivity index (χ2v) is 7.82.